The van der Waals surface area contributed by atoms with E-state index in [1.807, 2.05) is 18.2 Å². The third-order valence-electron chi connectivity index (χ3n) is 8.90. The number of methoxy groups -OCH3 is 1. The van der Waals surface area contributed by atoms with Crippen molar-refractivity contribution in [2.75, 3.05) is 7.11 Å². The van der Waals surface area contributed by atoms with Crippen LogP contribution in [0.15, 0.2) is 42.5 Å². The van der Waals surface area contributed by atoms with E-state index in [0.29, 0.717) is 22.8 Å². The van der Waals surface area contributed by atoms with Crippen LogP contribution in [0.4, 0.5) is 0 Å². The zero-order valence-corrected chi connectivity index (χ0v) is 22.6. The Morgan fingerprint density at radius 2 is 1.62 bits per heavy atom. The van der Waals surface area contributed by atoms with Crippen LogP contribution in [0.2, 0.25) is 0 Å². The Morgan fingerprint density at radius 3 is 2.24 bits per heavy atom. The molecule has 2 aromatic carbocycles. The standard InChI is InChI=1S/C31H38O6/c1-19-8-15-28-30(4,16-7-17-31(28,5)29(34)35-6)25(19)12-10-22-9-11-23-24(18-22)27(37-21(3)33)14-13-26(23)36-20(2)32/h9,11,13-14,18,25,28H,1,7-8,10,12,15-17H2,2-6H3/t25-,28+,30+,31-/m0/s1. The van der Waals surface area contributed by atoms with E-state index in [1.54, 1.807) is 12.1 Å². The summed E-state index contributed by atoms with van der Waals surface area (Å²) in [7, 11) is 1.50. The van der Waals surface area contributed by atoms with E-state index >= 15 is 0 Å². The summed E-state index contributed by atoms with van der Waals surface area (Å²) in [6.45, 7) is 11.6. The minimum atomic E-state index is -0.463. The third kappa shape index (κ3) is 5.03. The number of esters is 3. The topological polar surface area (TPSA) is 78.9 Å². The molecular weight excluding hydrogens is 468 g/mol. The molecular formula is C31H38O6. The molecule has 0 aromatic heterocycles. The minimum absolute atomic E-state index is 0.0151. The summed E-state index contributed by atoms with van der Waals surface area (Å²) in [6, 6.07) is 9.29. The Kier molecular flexibility index (Phi) is 7.50. The molecule has 4 rings (SSSR count). The van der Waals surface area contributed by atoms with E-state index in [2.05, 4.69) is 20.4 Å². The van der Waals surface area contributed by atoms with Gasteiger partial charge in [-0.05, 0) is 86.5 Å². The number of allylic oxidation sites excluding steroid dienone is 1. The quantitative estimate of drug-likeness (QED) is 0.250. The number of fused-ring (bicyclic) bond motifs is 2. The predicted molar refractivity (Wildman–Crippen MR) is 142 cm³/mol. The molecule has 0 bridgehead atoms. The number of carbonyl (C=O) groups is 3. The first-order chi connectivity index (χ1) is 17.5. The van der Waals surface area contributed by atoms with Gasteiger partial charge in [-0.3, -0.25) is 14.4 Å². The van der Waals surface area contributed by atoms with Crippen LogP contribution in [0.25, 0.3) is 10.8 Å². The van der Waals surface area contributed by atoms with Crippen molar-refractivity contribution in [1.82, 2.24) is 0 Å². The molecule has 0 unspecified atom stereocenters. The second-order valence-corrected chi connectivity index (χ2v) is 11.2. The molecule has 2 aliphatic rings. The maximum Gasteiger partial charge on any atom is 0.311 e. The van der Waals surface area contributed by atoms with Gasteiger partial charge in [-0.2, -0.15) is 0 Å². The SMILES string of the molecule is C=C1CC[C@@H]2[C@](C)(CCC[C@]2(C)C(=O)OC)[C@H]1CCc1ccc2c(OC(C)=O)ccc(OC(C)=O)c2c1. The van der Waals surface area contributed by atoms with Gasteiger partial charge in [0.05, 0.1) is 12.5 Å². The molecule has 2 aliphatic carbocycles. The van der Waals surface area contributed by atoms with Crippen molar-refractivity contribution in [3.8, 4) is 11.5 Å². The molecule has 6 heteroatoms. The Labute approximate surface area is 219 Å². The molecule has 2 saturated carbocycles. The van der Waals surface area contributed by atoms with E-state index in [9.17, 15) is 14.4 Å². The summed E-state index contributed by atoms with van der Waals surface area (Å²) in [5, 5.41) is 1.45. The van der Waals surface area contributed by atoms with Crippen molar-refractivity contribution in [3.05, 3.63) is 48.0 Å². The van der Waals surface area contributed by atoms with E-state index < -0.39 is 17.4 Å². The molecule has 0 amide bonds. The highest BCUT2D eigenvalue weighted by molar-refractivity contribution is 5.96. The van der Waals surface area contributed by atoms with Gasteiger partial charge in [-0.25, -0.2) is 0 Å². The van der Waals surface area contributed by atoms with Crippen LogP contribution in [0.1, 0.15) is 71.8 Å². The number of rotatable bonds is 6. The Morgan fingerprint density at radius 1 is 0.973 bits per heavy atom. The Bertz CT molecular complexity index is 1250. The summed E-state index contributed by atoms with van der Waals surface area (Å²) < 4.78 is 16.1. The zero-order chi connectivity index (χ0) is 27.0. The minimum Gasteiger partial charge on any atom is -0.469 e. The fraction of sp³-hybridized carbons (Fsp3) is 0.516. The fourth-order valence-electron chi connectivity index (χ4n) is 7.25. The molecule has 198 valence electrons. The van der Waals surface area contributed by atoms with Crippen molar-refractivity contribution >= 4 is 28.7 Å². The van der Waals surface area contributed by atoms with Crippen molar-refractivity contribution < 1.29 is 28.6 Å². The Balaban J connectivity index is 1.64. The second kappa shape index (κ2) is 10.3. The number of ether oxygens (including phenoxy) is 3. The molecule has 0 saturated heterocycles. The lowest BCUT2D eigenvalue weighted by atomic mass is 9.46. The van der Waals surface area contributed by atoms with Crippen molar-refractivity contribution in [3.63, 3.8) is 0 Å². The van der Waals surface area contributed by atoms with Gasteiger partial charge in [-0.15, -0.1) is 0 Å². The normalized spacial score (nSPS) is 27.3. The number of hydrogen-bond acceptors (Lipinski definition) is 6. The van der Waals surface area contributed by atoms with Crippen molar-refractivity contribution in [2.45, 2.75) is 72.6 Å². The first-order valence-corrected chi connectivity index (χ1v) is 13.2. The molecule has 4 atom stereocenters. The number of benzene rings is 2. The zero-order valence-electron chi connectivity index (χ0n) is 22.6. The summed E-state index contributed by atoms with van der Waals surface area (Å²) in [5.74, 6) is 0.527. The molecule has 0 radical (unpaired) electrons. The van der Waals surface area contributed by atoms with Gasteiger partial charge in [0.25, 0.3) is 0 Å². The highest BCUT2D eigenvalue weighted by Crippen LogP contribution is 2.62. The molecule has 0 heterocycles. The number of hydrogen-bond donors (Lipinski definition) is 0. The summed E-state index contributed by atoms with van der Waals surface area (Å²) in [4.78, 5) is 36.2. The molecule has 0 spiro atoms. The monoisotopic (exact) mass is 506 g/mol. The van der Waals surface area contributed by atoms with Gasteiger partial charge in [0, 0.05) is 24.6 Å². The molecule has 37 heavy (non-hydrogen) atoms. The summed E-state index contributed by atoms with van der Waals surface area (Å²) in [6.07, 6.45) is 6.58. The Hall–Kier alpha value is -3.15. The van der Waals surface area contributed by atoms with E-state index in [-0.39, 0.29) is 17.3 Å². The molecule has 2 fully saturated rings. The molecule has 0 N–H and O–H groups in total. The summed E-state index contributed by atoms with van der Waals surface area (Å²) >= 11 is 0. The van der Waals surface area contributed by atoms with Crippen LogP contribution >= 0.6 is 0 Å². The van der Waals surface area contributed by atoms with Gasteiger partial charge >= 0.3 is 17.9 Å². The van der Waals surface area contributed by atoms with Crippen LogP contribution in [0, 0.1) is 22.7 Å². The number of carbonyl (C=O) groups excluding carboxylic acids is 3. The first-order valence-electron chi connectivity index (χ1n) is 13.2. The van der Waals surface area contributed by atoms with Gasteiger partial charge in [0.15, 0.2) is 0 Å². The fourth-order valence-corrected chi connectivity index (χ4v) is 7.25. The summed E-state index contributed by atoms with van der Waals surface area (Å²) in [5.41, 5.74) is 1.89. The largest absolute Gasteiger partial charge is 0.469 e. The molecule has 0 aliphatic heterocycles. The van der Waals surface area contributed by atoms with Crippen LogP contribution in [0.3, 0.4) is 0 Å². The molecule has 2 aromatic rings. The lowest BCUT2D eigenvalue weighted by molar-refractivity contribution is -0.168. The van der Waals surface area contributed by atoms with Gasteiger partial charge < -0.3 is 14.2 Å². The smallest absolute Gasteiger partial charge is 0.311 e. The lowest BCUT2D eigenvalue weighted by Crippen LogP contribution is -2.53. The maximum absolute atomic E-state index is 12.9. The number of aryl methyl sites for hydroxylation is 1. The van der Waals surface area contributed by atoms with Gasteiger partial charge in [0.1, 0.15) is 11.5 Å². The lowest BCUT2D eigenvalue weighted by Gasteiger charge is -2.57. The third-order valence-corrected chi connectivity index (χ3v) is 8.90. The van der Waals surface area contributed by atoms with Gasteiger partial charge in [0.2, 0.25) is 0 Å². The van der Waals surface area contributed by atoms with Gasteiger partial charge in [-0.1, -0.05) is 37.6 Å². The highest BCUT2D eigenvalue weighted by atomic mass is 16.5. The van der Waals surface area contributed by atoms with E-state index in [1.165, 1.54) is 26.5 Å². The van der Waals surface area contributed by atoms with Crippen molar-refractivity contribution in [1.29, 1.82) is 0 Å². The first kappa shape index (κ1) is 26.9. The second-order valence-electron chi connectivity index (χ2n) is 11.2. The van der Waals surface area contributed by atoms with Crippen LogP contribution in [0.5, 0.6) is 11.5 Å². The van der Waals surface area contributed by atoms with Crippen LogP contribution < -0.4 is 9.47 Å². The predicted octanol–water partition coefficient (Wildman–Crippen LogP) is 6.57. The molecule has 6 nitrogen and oxygen atoms in total. The average Bonchev–Trinajstić information content (AvgIpc) is 2.83. The average molecular weight is 507 g/mol. The van der Waals surface area contributed by atoms with E-state index in [0.717, 1.165) is 55.9 Å². The van der Waals surface area contributed by atoms with E-state index in [4.69, 9.17) is 14.2 Å². The van der Waals surface area contributed by atoms with Crippen LogP contribution in [-0.4, -0.2) is 25.0 Å². The maximum atomic E-state index is 12.9. The van der Waals surface area contributed by atoms with Crippen LogP contribution in [-0.2, 0) is 25.5 Å². The highest BCUT2D eigenvalue weighted by Gasteiger charge is 2.57. The van der Waals surface area contributed by atoms with Crippen molar-refractivity contribution in [2.24, 2.45) is 22.7 Å².